The van der Waals surface area contributed by atoms with E-state index in [-0.39, 0.29) is 17.7 Å². The first kappa shape index (κ1) is 17.5. The molecule has 1 aromatic heterocycles. The van der Waals surface area contributed by atoms with Crippen molar-refractivity contribution >= 4 is 22.7 Å². The van der Waals surface area contributed by atoms with E-state index in [2.05, 4.69) is 21.3 Å². The maximum Gasteiger partial charge on any atom is 0.225 e. The Labute approximate surface area is 148 Å². The number of aryl methyl sites for hydroxylation is 1. The summed E-state index contributed by atoms with van der Waals surface area (Å²) in [5, 5.41) is 3.88. The normalized spacial score (nSPS) is 19.0. The Morgan fingerprint density at radius 2 is 2.04 bits per heavy atom. The fraction of sp³-hybridized carbons (Fsp3) is 0.474. The SMILES string of the molecule is CNC(=O)[C@@H]1CN(C)CCN(C(=O)CCc2c[nH]c3ccccc23)C1. The van der Waals surface area contributed by atoms with Crippen LogP contribution in [0.4, 0.5) is 0 Å². The number of H-pyrrole nitrogens is 1. The van der Waals surface area contributed by atoms with Gasteiger partial charge in [-0.05, 0) is 25.1 Å². The molecule has 0 spiro atoms. The molecule has 2 N–H and O–H groups in total. The van der Waals surface area contributed by atoms with E-state index < -0.39 is 0 Å². The smallest absolute Gasteiger partial charge is 0.225 e. The van der Waals surface area contributed by atoms with Gasteiger partial charge in [-0.15, -0.1) is 0 Å². The number of nitrogens with zero attached hydrogens (tertiary/aromatic N) is 2. The predicted molar refractivity (Wildman–Crippen MR) is 98.3 cm³/mol. The molecule has 1 saturated heterocycles. The molecule has 0 bridgehead atoms. The van der Waals surface area contributed by atoms with E-state index in [0.29, 0.717) is 32.5 Å². The third-order valence-electron chi connectivity index (χ3n) is 4.98. The maximum absolute atomic E-state index is 12.7. The largest absolute Gasteiger partial charge is 0.361 e. The van der Waals surface area contributed by atoms with Gasteiger partial charge >= 0.3 is 0 Å². The lowest BCUT2D eigenvalue weighted by molar-refractivity contribution is -0.132. The fourth-order valence-corrected chi connectivity index (χ4v) is 3.51. The van der Waals surface area contributed by atoms with Gasteiger partial charge in [-0.25, -0.2) is 0 Å². The molecular weight excluding hydrogens is 316 g/mol. The number of aromatic amines is 1. The Morgan fingerprint density at radius 3 is 2.84 bits per heavy atom. The summed E-state index contributed by atoms with van der Waals surface area (Å²) in [6, 6.07) is 8.13. The van der Waals surface area contributed by atoms with Gasteiger partial charge in [-0.2, -0.15) is 0 Å². The van der Waals surface area contributed by atoms with Gasteiger partial charge in [0.25, 0.3) is 0 Å². The molecule has 1 atom stereocenters. The van der Waals surface area contributed by atoms with Gasteiger partial charge in [-0.3, -0.25) is 9.59 Å². The van der Waals surface area contributed by atoms with Crippen LogP contribution in [0.3, 0.4) is 0 Å². The molecule has 2 aromatic rings. The van der Waals surface area contributed by atoms with Crippen molar-refractivity contribution < 1.29 is 9.59 Å². The van der Waals surface area contributed by atoms with Gasteiger partial charge in [-0.1, -0.05) is 18.2 Å². The van der Waals surface area contributed by atoms with E-state index in [1.165, 1.54) is 10.9 Å². The minimum Gasteiger partial charge on any atom is -0.361 e. The number of rotatable bonds is 4. The summed E-state index contributed by atoms with van der Waals surface area (Å²) < 4.78 is 0. The molecule has 1 aromatic carbocycles. The van der Waals surface area contributed by atoms with Crippen molar-refractivity contribution in [2.45, 2.75) is 12.8 Å². The molecule has 0 unspecified atom stereocenters. The molecule has 134 valence electrons. The van der Waals surface area contributed by atoms with Crippen LogP contribution in [0, 0.1) is 5.92 Å². The van der Waals surface area contributed by atoms with E-state index >= 15 is 0 Å². The molecule has 6 heteroatoms. The van der Waals surface area contributed by atoms with Crippen LogP contribution in [-0.2, 0) is 16.0 Å². The van der Waals surface area contributed by atoms with Crippen LogP contribution in [0.2, 0.25) is 0 Å². The van der Waals surface area contributed by atoms with Crippen molar-refractivity contribution in [2.75, 3.05) is 40.3 Å². The molecule has 0 aliphatic carbocycles. The van der Waals surface area contributed by atoms with Crippen molar-refractivity contribution in [3.63, 3.8) is 0 Å². The Balaban J connectivity index is 1.64. The molecule has 2 heterocycles. The number of para-hydroxylation sites is 1. The molecule has 1 aliphatic heterocycles. The first-order valence-electron chi connectivity index (χ1n) is 8.81. The van der Waals surface area contributed by atoms with Gasteiger partial charge in [0.15, 0.2) is 0 Å². The number of hydrogen-bond acceptors (Lipinski definition) is 3. The third-order valence-corrected chi connectivity index (χ3v) is 4.98. The molecule has 1 aliphatic rings. The lowest BCUT2D eigenvalue weighted by Gasteiger charge is -2.23. The standard InChI is InChI=1S/C19H26N4O2/c1-20-19(25)15-12-22(2)9-10-23(13-15)18(24)8-7-14-11-21-17-6-4-3-5-16(14)17/h3-6,11,15,21H,7-10,12-13H2,1-2H3,(H,20,25)/t15-/m1/s1. The molecule has 2 amide bonds. The topological polar surface area (TPSA) is 68.4 Å². The summed E-state index contributed by atoms with van der Waals surface area (Å²) in [5.74, 6) is -0.0489. The number of fused-ring (bicyclic) bond motifs is 1. The number of hydrogen-bond donors (Lipinski definition) is 2. The minimum atomic E-state index is -0.172. The van der Waals surface area contributed by atoms with Gasteiger partial charge in [0.1, 0.15) is 0 Å². The average molecular weight is 342 g/mol. The predicted octanol–water partition coefficient (Wildman–Crippen LogP) is 1.24. The highest BCUT2D eigenvalue weighted by Gasteiger charge is 2.28. The Hall–Kier alpha value is -2.34. The van der Waals surface area contributed by atoms with Crippen LogP contribution in [0.1, 0.15) is 12.0 Å². The highest BCUT2D eigenvalue weighted by atomic mass is 16.2. The van der Waals surface area contributed by atoms with E-state index in [1.54, 1.807) is 7.05 Å². The van der Waals surface area contributed by atoms with Gasteiger partial charge in [0, 0.05) is 56.7 Å². The van der Waals surface area contributed by atoms with Crippen LogP contribution >= 0.6 is 0 Å². The number of benzene rings is 1. The number of likely N-dealkylation sites (N-methyl/N-ethyl adjacent to an activating group) is 1. The zero-order valence-electron chi connectivity index (χ0n) is 14.9. The molecule has 25 heavy (non-hydrogen) atoms. The average Bonchev–Trinajstić information content (AvgIpc) is 2.93. The zero-order chi connectivity index (χ0) is 17.8. The lowest BCUT2D eigenvalue weighted by atomic mass is 10.1. The second-order valence-electron chi connectivity index (χ2n) is 6.77. The van der Waals surface area contributed by atoms with Crippen molar-refractivity contribution in [3.05, 3.63) is 36.0 Å². The van der Waals surface area contributed by atoms with Crippen molar-refractivity contribution in [1.29, 1.82) is 0 Å². The van der Waals surface area contributed by atoms with E-state index in [0.717, 1.165) is 12.1 Å². The fourth-order valence-electron chi connectivity index (χ4n) is 3.51. The summed E-state index contributed by atoms with van der Waals surface area (Å²) in [5.41, 5.74) is 2.26. The summed E-state index contributed by atoms with van der Waals surface area (Å²) in [6.45, 7) is 2.66. The molecule has 0 radical (unpaired) electrons. The van der Waals surface area contributed by atoms with Gasteiger partial charge < -0.3 is 20.1 Å². The molecule has 0 saturated carbocycles. The number of aromatic nitrogens is 1. The van der Waals surface area contributed by atoms with E-state index in [1.807, 2.05) is 36.3 Å². The van der Waals surface area contributed by atoms with E-state index in [9.17, 15) is 9.59 Å². The van der Waals surface area contributed by atoms with Crippen LogP contribution in [0.25, 0.3) is 10.9 Å². The monoisotopic (exact) mass is 342 g/mol. The van der Waals surface area contributed by atoms with Crippen molar-refractivity contribution in [1.82, 2.24) is 20.1 Å². The quantitative estimate of drug-likeness (QED) is 0.878. The summed E-state index contributed by atoms with van der Waals surface area (Å²) in [7, 11) is 3.65. The molecule has 6 nitrogen and oxygen atoms in total. The first-order chi connectivity index (χ1) is 12.1. The van der Waals surface area contributed by atoms with Crippen LogP contribution < -0.4 is 5.32 Å². The number of carbonyl (C=O) groups is 2. The molecule has 3 rings (SSSR count). The first-order valence-corrected chi connectivity index (χ1v) is 8.81. The van der Waals surface area contributed by atoms with E-state index in [4.69, 9.17) is 0 Å². The molecular formula is C19H26N4O2. The van der Waals surface area contributed by atoms with Gasteiger partial charge in [0.2, 0.25) is 11.8 Å². The van der Waals surface area contributed by atoms with Crippen molar-refractivity contribution in [3.8, 4) is 0 Å². The molecule has 1 fully saturated rings. The number of amides is 2. The Kier molecular flexibility index (Phi) is 5.38. The highest BCUT2D eigenvalue weighted by molar-refractivity contribution is 5.84. The second-order valence-corrected chi connectivity index (χ2v) is 6.77. The summed E-state index contributed by atoms with van der Waals surface area (Å²) in [4.78, 5) is 32.0. The summed E-state index contributed by atoms with van der Waals surface area (Å²) in [6.07, 6.45) is 3.16. The Bertz CT molecular complexity index is 755. The van der Waals surface area contributed by atoms with Crippen LogP contribution in [0.15, 0.2) is 30.5 Å². The number of nitrogens with one attached hydrogen (secondary N) is 2. The number of carbonyl (C=O) groups excluding carboxylic acids is 2. The Morgan fingerprint density at radius 1 is 1.24 bits per heavy atom. The summed E-state index contributed by atoms with van der Waals surface area (Å²) >= 11 is 0. The maximum atomic E-state index is 12.7. The lowest BCUT2D eigenvalue weighted by Crippen LogP contribution is -2.41. The van der Waals surface area contributed by atoms with Crippen molar-refractivity contribution in [2.24, 2.45) is 5.92 Å². The van der Waals surface area contributed by atoms with Crippen LogP contribution in [0.5, 0.6) is 0 Å². The zero-order valence-corrected chi connectivity index (χ0v) is 14.9. The highest BCUT2D eigenvalue weighted by Crippen LogP contribution is 2.19. The van der Waals surface area contributed by atoms with Crippen LogP contribution in [-0.4, -0.2) is 66.9 Å². The minimum absolute atomic E-state index is 0.00294. The third kappa shape index (κ3) is 4.02. The van der Waals surface area contributed by atoms with Gasteiger partial charge in [0.05, 0.1) is 5.92 Å². The second kappa shape index (κ2) is 7.70.